The van der Waals surface area contributed by atoms with Crippen LogP contribution in [0.2, 0.25) is 0 Å². The predicted molar refractivity (Wildman–Crippen MR) is 107 cm³/mol. The number of hydrogen-bond donors (Lipinski definition) is 0. The van der Waals surface area contributed by atoms with E-state index in [1.165, 1.54) is 50.7 Å². The summed E-state index contributed by atoms with van der Waals surface area (Å²) in [5.74, 6) is 1.30. The number of aryl methyl sites for hydroxylation is 1. The van der Waals surface area contributed by atoms with Crippen molar-refractivity contribution >= 4 is 10.1 Å². The molecule has 148 valence electrons. The number of benzene rings is 2. The maximum atomic E-state index is 11.4. The van der Waals surface area contributed by atoms with Gasteiger partial charge >= 0.3 is 51.4 Å². The molecule has 4 nitrogen and oxygen atoms in total. The van der Waals surface area contributed by atoms with Gasteiger partial charge in [-0.15, -0.1) is 0 Å². The molecule has 0 saturated heterocycles. The summed E-state index contributed by atoms with van der Waals surface area (Å²) >= 11 is 0. The topological polar surface area (TPSA) is 66.4 Å². The van der Waals surface area contributed by atoms with Gasteiger partial charge < -0.3 is 9.29 Å². The van der Waals surface area contributed by atoms with E-state index in [1.54, 1.807) is 6.07 Å². The molecular weight excluding hydrogens is 399 g/mol. The number of unbranched alkanes of at least 4 members (excludes halogenated alkanes) is 7. The van der Waals surface area contributed by atoms with E-state index in [2.05, 4.69) is 6.92 Å². The molecule has 0 aliphatic rings. The van der Waals surface area contributed by atoms with Crippen LogP contribution in [-0.2, 0) is 16.5 Å². The Labute approximate surface area is 212 Å². The molecule has 0 aliphatic carbocycles. The Bertz CT molecular complexity index is 791. The van der Waals surface area contributed by atoms with Crippen molar-refractivity contribution in [2.75, 3.05) is 0 Å². The van der Waals surface area contributed by atoms with Crippen molar-refractivity contribution in [3.63, 3.8) is 0 Å². The van der Waals surface area contributed by atoms with Gasteiger partial charge in [0.1, 0.15) is 21.6 Å². The standard InChI is InChI=1S/C22H30O4S.K/c1-2-3-4-5-6-7-8-10-13-19-18-21(27(23,24)25)16-17-22(19)26-20-14-11-9-12-15-20;/h9,11-12,14-18H,2-8,10,13H2,1H3,(H,23,24,25);/q;+1/p-1. The maximum absolute atomic E-state index is 11.4. The number of ether oxygens (including phenoxy) is 1. The molecule has 0 unspecified atom stereocenters. The SMILES string of the molecule is CCCCCCCCCCc1cc(S(=O)(=O)[O-])ccc1Oc1ccccc1.[K+]. The first-order valence-corrected chi connectivity index (χ1v) is 11.2. The first-order valence-electron chi connectivity index (χ1n) is 9.82. The van der Waals surface area contributed by atoms with Crippen LogP contribution in [0.15, 0.2) is 53.4 Å². The van der Waals surface area contributed by atoms with Gasteiger partial charge in [0.05, 0.1) is 4.90 Å². The molecule has 0 aliphatic heterocycles. The van der Waals surface area contributed by atoms with Crippen molar-refractivity contribution < 1.29 is 69.1 Å². The van der Waals surface area contributed by atoms with Crippen molar-refractivity contribution in [3.05, 3.63) is 54.1 Å². The van der Waals surface area contributed by atoms with Crippen molar-refractivity contribution in [1.82, 2.24) is 0 Å². The smallest absolute Gasteiger partial charge is 0.744 e. The summed E-state index contributed by atoms with van der Waals surface area (Å²) in [5.41, 5.74) is 0.766. The summed E-state index contributed by atoms with van der Waals surface area (Å²) in [6.45, 7) is 2.21. The Kier molecular flexibility index (Phi) is 12.8. The van der Waals surface area contributed by atoms with Crippen LogP contribution in [0.3, 0.4) is 0 Å². The number of para-hydroxylation sites is 1. The van der Waals surface area contributed by atoms with Gasteiger partial charge in [0.15, 0.2) is 0 Å². The van der Waals surface area contributed by atoms with Crippen LogP contribution in [0, 0.1) is 0 Å². The van der Waals surface area contributed by atoms with E-state index in [0.717, 1.165) is 18.4 Å². The first-order chi connectivity index (χ1) is 13.0. The molecule has 0 aromatic heterocycles. The molecule has 2 rings (SSSR count). The van der Waals surface area contributed by atoms with E-state index in [-0.39, 0.29) is 56.3 Å². The Morgan fingerprint density at radius 1 is 0.857 bits per heavy atom. The Balaban J connectivity index is 0.00000392. The van der Waals surface area contributed by atoms with Gasteiger partial charge in [-0.25, -0.2) is 8.42 Å². The summed E-state index contributed by atoms with van der Waals surface area (Å²) in [5, 5.41) is 0. The molecule has 0 heterocycles. The van der Waals surface area contributed by atoms with E-state index in [9.17, 15) is 13.0 Å². The molecule has 0 radical (unpaired) electrons. The van der Waals surface area contributed by atoms with Crippen LogP contribution in [-0.4, -0.2) is 13.0 Å². The van der Waals surface area contributed by atoms with E-state index >= 15 is 0 Å². The molecule has 2 aromatic carbocycles. The second-order valence-electron chi connectivity index (χ2n) is 6.86. The predicted octanol–water partition coefficient (Wildman–Crippen LogP) is 3.07. The van der Waals surface area contributed by atoms with Gasteiger partial charge in [0.2, 0.25) is 0 Å². The van der Waals surface area contributed by atoms with Crippen LogP contribution < -0.4 is 56.1 Å². The first kappa shape index (κ1) is 25.8. The molecule has 0 bridgehead atoms. The van der Waals surface area contributed by atoms with Crippen LogP contribution in [0.5, 0.6) is 11.5 Å². The number of hydrogen-bond acceptors (Lipinski definition) is 4. The molecule has 2 aromatic rings. The third-order valence-corrected chi connectivity index (χ3v) is 5.42. The zero-order valence-corrected chi connectivity index (χ0v) is 21.0. The molecule has 0 fully saturated rings. The average Bonchev–Trinajstić information content (AvgIpc) is 2.65. The third-order valence-electron chi connectivity index (χ3n) is 4.59. The van der Waals surface area contributed by atoms with E-state index < -0.39 is 10.1 Å². The minimum Gasteiger partial charge on any atom is -0.744 e. The van der Waals surface area contributed by atoms with Crippen LogP contribution in [0.4, 0.5) is 0 Å². The summed E-state index contributed by atoms with van der Waals surface area (Å²) < 4.78 is 40.0. The fraction of sp³-hybridized carbons (Fsp3) is 0.455. The maximum Gasteiger partial charge on any atom is 1.00 e. The quantitative estimate of drug-likeness (QED) is 0.296. The van der Waals surface area contributed by atoms with E-state index in [1.807, 2.05) is 30.3 Å². The summed E-state index contributed by atoms with van der Waals surface area (Å²) in [7, 11) is -4.47. The second-order valence-corrected chi connectivity index (χ2v) is 8.24. The van der Waals surface area contributed by atoms with Gasteiger partial charge in [0.25, 0.3) is 0 Å². The summed E-state index contributed by atoms with van der Waals surface area (Å²) in [4.78, 5) is -0.197. The van der Waals surface area contributed by atoms with Crippen molar-refractivity contribution in [2.45, 2.75) is 69.6 Å². The molecule has 0 amide bonds. The third kappa shape index (κ3) is 9.52. The zero-order valence-electron chi connectivity index (χ0n) is 17.0. The van der Waals surface area contributed by atoms with Crippen LogP contribution >= 0.6 is 0 Å². The fourth-order valence-corrected chi connectivity index (χ4v) is 3.59. The fourth-order valence-electron chi connectivity index (χ4n) is 3.07. The Morgan fingerprint density at radius 3 is 2.07 bits per heavy atom. The van der Waals surface area contributed by atoms with Gasteiger partial charge in [-0.1, -0.05) is 70.1 Å². The van der Waals surface area contributed by atoms with E-state index in [0.29, 0.717) is 17.9 Å². The minimum absolute atomic E-state index is 0. The van der Waals surface area contributed by atoms with Gasteiger partial charge in [-0.05, 0) is 48.7 Å². The largest absolute Gasteiger partial charge is 1.00 e. The minimum atomic E-state index is -4.47. The van der Waals surface area contributed by atoms with Gasteiger partial charge in [-0.3, -0.25) is 0 Å². The molecule has 6 heteroatoms. The van der Waals surface area contributed by atoms with Gasteiger partial charge in [-0.2, -0.15) is 0 Å². The molecule has 0 saturated carbocycles. The summed E-state index contributed by atoms with van der Waals surface area (Å²) in [6, 6.07) is 13.7. The van der Waals surface area contributed by atoms with E-state index in [4.69, 9.17) is 4.74 Å². The van der Waals surface area contributed by atoms with Gasteiger partial charge in [0, 0.05) is 0 Å². The Morgan fingerprint density at radius 2 is 1.46 bits per heavy atom. The molecule has 28 heavy (non-hydrogen) atoms. The average molecular weight is 429 g/mol. The molecule has 0 spiro atoms. The Hall–Kier alpha value is -0.214. The summed E-state index contributed by atoms with van der Waals surface area (Å²) in [6.07, 6.45) is 10.3. The second kappa shape index (κ2) is 13.9. The van der Waals surface area contributed by atoms with Crippen molar-refractivity contribution in [3.8, 4) is 11.5 Å². The molecule has 0 N–H and O–H groups in total. The molecular formula is C22H29KO4S. The van der Waals surface area contributed by atoms with Crippen LogP contribution in [0.1, 0.15) is 63.9 Å². The van der Waals surface area contributed by atoms with Crippen molar-refractivity contribution in [2.24, 2.45) is 0 Å². The normalized spacial score (nSPS) is 11.1. The monoisotopic (exact) mass is 428 g/mol. The van der Waals surface area contributed by atoms with Crippen LogP contribution in [0.25, 0.3) is 0 Å². The molecule has 0 atom stereocenters. The zero-order chi connectivity index (χ0) is 19.5. The van der Waals surface area contributed by atoms with Crippen molar-refractivity contribution in [1.29, 1.82) is 0 Å². The number of rotatable bonds is 12.